The Kier molecular flexibility index (Phi) is 6.84. The van der Waals surface area contributed by atoms with Crippen molar-refractivity contribution in [2.24, 2.45) is 12.1 Å². The fourth-order valence-corrected chi connectivity index (χ4v) is 5.16. The molecule has 1 saturated heterocycles. The van der Waals surface area contributed by atoms with Gasteiger partial charge in [0.1, 0.15) is 0 Å². The summed E-state index contributed by atoms with van der Waals surface area (Å²) in [7, 11) is 1.74. The van der Waals surface area contributed by atoms with Crippen molar-refractivity contribution in [1.29, 1.82) is 0 Å². The molecule has 194 valence electrons. The molecule has 0 bridgehead atoms. The van der Waals surface area contributed by atoms with Crippen LogP contribution < -0.4 is 10.7 Å². The highest BCUT2D eigenvalue weighted by Gasteiger charge is 2.32. The van der Waals surface area contributed by atoms with Crippen molar-refractivity contribution in [3.05, 3.63) is 111 Å². The molecular formula is C29H29ClN6O2. The summed E-state index contributed by atoms with van der Waals surface area (Å²) < 4.78 is 8.44. The molecule has 0 radical (unpaired) electrons. The smallest absolute Gasteiger partial charge is 0.351 e. The summed E-state index contributed by atoms with van der Waals surface area (Å²) in [6.07, 6.45) is 0. The Balaban J connectivity index is 1.30. The summed E-state index contributed by atoms with van der Waals surface area (Å²) in [6.45, 7) is 4.85. The number of hydrogen-bond acceptors (Lipinski definition) is 6. The Morgan fingerprint density at radius 2 is 1.66 bits per heavy atom. The van der Waals surface area contributed by atoms with E-state index in [4.69, 9.17) is 26.5 Å². The molecule has 3 heterocycles. The maximum absolute atomic E-state index is 13.2. The Morgan fingerprint density at radius 1 is 0.947 bits per heavy atom. The summed E-state index contributed by atoms with van der Waals surface area (Å²) in [6, 6.07) is 26.0. The summed E-state index contributed by atoms with van der Waals surface area (Å²) in [5.74, 6) is 0.523. The number of anilines is 1. The van der Waals surface area contributed by atoms with Crippen LogP contribution in [0, 0.1) is 0 Å². The van der Waals surface area contributed by atoms with Gasteiger partial charge in [0.05, 0.1) is 31.2 Å². The number of hydrazone groups is 1. The molecule has 4 aromatic rings. The molecule has 38 heavy (non-hydrogen) atoms. The van der Waals surface area contributed by atoms with Crippen LogP contribution >= 0.6 is 11.6 Å². The standard InChI is InChI=1S/C29H29ClN6O2/c1-33-28(32-36(29(33)37)25-13-7-21(8-14-25)19-34-15-17-38-18-16-34)35-20-26(22-5-3-2-4-6-22)27(31-35)23-9-11-24(30)12-10-23/h2-14,26H,15-20H2,1H3/t26-/m0/s1. The first kappa shape index (κ1) is 24.6. The number of ether oxygens (including phenoxy) is 1. The van der Waals surface area contributed by atoms with Crippen molar-refractivity contribution in [2.75, 3.05) is 37.9 Å². The Hall–Kier alpha value is -3.72. The van der Waals surface area contributed by atoms with E-state index >= 15 is 0 Å². The van der Waals surface area contributed by atoms with Crippen LogP contribution in [0.4, 0.5) is 5.95 Å². The fraction of sp³-hybridized carbons (Fsp3) is 0.276. The van der Waals surface area contributed by atoms with Crippen LogP contribution in [0.25, 0.3) is 5.69 Å². The fourth-order valence-electron chi connectivity index (χ4n) is 5.03. The summed E-state index contributed by atoms with van der Waals surface area (Å²) in [4.78, 5) is 15.6. The Labute approximate surface area is 226 Å². The number of rotatable bonds is 6. The number of halogens is 1. The van der Waals surface area contributed by atoms with Gasteiger partial charge >= 0.3 is 5.69 Å². The molecule has 0 N–H and O–H groups in total. The lowest BCUT2D eigenvalue weighted by Crippen LogP contribution is -2.35. The molecule has 3 aromatic carbocycles. The molecule has 0 spiro atoms. The normalized spacial score (nSPS) is 18.1. The van der Waals surface area contributed by atoms with E-state index < -0.39 is 0 Å². The molecule has 0 amide bonds. The summed E-state index contributed by atoms with van der Waals surface area (Å²) >= 11 is 6.15. The van der Waals surface area contributed by atoms with Crippen molar-refractivity contribution in [3.63, 3.8) is 0 Å². The molecule has 1 atom stereocenters. The molecule has 0 saturated carbocycles. The average molecular weight is 529 g/mol. The Morgan fingerprint density at radius 3 is 2.37 bits per heavy atom. The first-order chi connectivity index (χ1) is 18.6. The number of morpholine rings is 1. The third-order valence-electron chi connectivity index (χ3n) is 7.14. The van der Waals surface area contributed by atoms with Crippen molar-refractivity contribution in [1.82, 2.24) is 19.2 Å². The van der Waals surface area contributed by atoms with Crippen LogP contribution in [-0.4, -0.2) is 57.8 Å². The van der Waals surface area contributed by atoms with Gasteiger partial charge in [0, 0.05) is 37.6 Å². The zero-order valence-corrected chi connectivity index (χ0v) is 22.0. The van der Waals surface area contributed by atoms with Gasteiger partial charge in [-0.1, -0.05) is 66.2 Å². The molecule has 2 aliphatic heterocycles. The van der Waals surface area contributed by atoms with Crippen molar-refractivity contribution < 1.29 is 4.74 Å². The topological polar surface area (TPSA) is 67.9 Å². The van der Waals surface area contributed by atoms with Crippen LogP contribution in [0.5, 0.6) is 0 Å². The van der Waals surface area contributed by atoms with Gasteiger partial charge in [-0.2, -0.15) is 9.78 Å². The van der Waals surface area contributed by atoms with Gasteiger partial charge in [-0.15, -0.1) is 5.10 Å². The van der Waals surface area contributed by atoms with E-state index in [2.05, 4.69) is 29.2 Å². The van der Waals surface area contributed by atoms with Crippen LogP contribution in [0.1, 0.15) is 22.6 Å². The second-order valence-corrected chi connectivity index (χ2v) is 10.1. The molecule has 9 heteroatoms. The van der Waals surface area contributed by atoms with Crippen molar-refractivity contribution in [3.8, 4) is 5.69 Å². The number of nitrogens with zero attached hydrogens (tertiary/aromatic N) is 6. The van der Waals surface area contributed by atoms with E-state index in [-0.39, 0.29) is 11.6 Å². The van der Waals surface area contributed by atoms with Gasteiger partial charge in [-0.25, -0.2) is 9.80 Å². The second-order valence-electron chi connectivity index (χ2n) is 9.65. The lowest BCUT2D eigenvalue weighted by Gasteiger charge is -2.26. The average Bonchev–Trinajstić information content (AvgIpc) is 3.52. The van der Waals surface area contributed by atoms with Crippen LogP contribution in [0.15, 0.2) is 88.8 Å². The first-order valence-electron chi connectivity index (χ1n) is 12.8. The van der Waals surface area contributed by atoms with Gasteiger partial charge < -0.3 is 4.74 Å². The van der Waals surface area contributed by atoms with E-state index in [0.29, 0.717) is 17.5 Å². The molecule has 0 unspecified atom stereocenters. The van der Waals surface area contributed by atoms with Gasteiger partial charge in [0.15, 0.2) is 0 Å². The maximum Gasteiger partial charge on any atom is 0.351 e. The molecule has 1 fully saturated rings. The molecular weight excluding hydrogens is 500 g/mol. The molecule has 2 aliphatic rings. The highest BCUT2D eigenvalue weighted by Crippen LogP contribution is 2.31. The van der Waals surface area contributed by atoms with E-state index in [1.165, 1.54) is 10.2 Å². The molecule has 8 nitrogen and oxygen atoms in total. The van der Waals surface area contributed by atoms with E-state index in [0.717, 1.165) is 55.4 Å². The second kappa shape index (κ2) is 10.6. The number of aromatic nitrogens is 3. The van der Waals surface area contributed by atoms with E-state index in [1.807, 2.05) is 59.6 Å². The zero-order valence-electron chi connectivity index (χ0n) is 21.2. The SMILES string of the molecule is Cn1c(N2C[C@@H](c3ccccc3)C(c3ccc(Cl)cc3)=N2)nn(-c2ccc(CN3CCOCC3)cc2)c1=O. The largest absolute Gasteiger partial charge is 0.379 e. The number of benzene rings is 3. The minimum absolute atomic E-state index is 0.0251. The molecule has 1 aromatic heterocycles. The van der Waals surface area contributed by atoms with Gasteiger partial charge in [0.2, 0.25) is 5.95 Å². The minimum Gasteiger partial charge on any atom is -0.379 e. The van der Waals surface area contributed by atoms with Crippen LogP contribution in [0.2, 0.25) is 5.02 Å². The monoisotopic (exact) mass is 528 g/mol. The third kappa shape index (κ3) is 4.90. The van der Waals surface area contributed by atoms with E-state index in [9.17, 15) is 4.79 Å². The molecule has 0 aliphatic carbocycles. The summed E-state index contributed by atoms with van der Waals surface area (Å²) in [5.41, 5.74) is 4.77. The van der Waals surface area contributed by atoms with Gasteiger partial charge in [0.25, 0.3) is 0 Å². The lowest BCUT2D eigenvalue weighted by atomic mass is 9.91. The quantitative estimate of drug-likeness (QED) is 0.377. The van der Waals surface area contributed by atoms with Gasteiger partial charge in [-0.05, 0) is 41.0 Å². The number of hydrogen-bond donors (Lipinski definition) is 0. The highest BCUT2D eigenvalue weighted by molar-refractivity contribution is 6.30. The minimum atomic E-state index is -0.215. The lowest BCUT2D eigenvalue weighted by molar-refractivity contribution is 0.0342. The van der Waals surface area contributed by atoms with Crippen LogP contribution in [-0.2, 0) is 18.3 Å². The summed E-state index contributed by atoms with van der Waals surface area (Å²) in [5, 5.41) is 12.2. The highest BCUT2D eigenvalue weighted by atomic mass is 35.5. The zero-order chi connectivity index (χ0) is 26.1. The predicted molar refractivity (Wildman–Crippen MR) is 149 cm³/mol. The van der Waals surface area contributed by atoms with Crippen molar-refractivity contribution in [2.45, 2.75) is 12.5 Å². The first-order valence-corrected chi connectivity index (χ1v) is 13.2. The Bertz CT molecular complexity index is 1490. The van der Waals surface area contributed by atoms with E-state index in [1.54, 1.807) is 11.6 Å². The third-order valence-corrected chi connectivity index (χ3v) is 7.39. The molecule has 6 rings (SSSR count). The van der Waals surface area contributed by atoms with Crippen molar-refractivity contribution >= 4 is 23.3 Å². The predicted octanol–water partition coefficient (Wildman–Crippen LogP) is 4.06. The van der Waals surface area contributed by atoms with Gasteiger partial charge in [-0.3, -0.25) is 9.47 Å². The van der Waals surface area contributed by atoms with Crippen LogP contribution in [0.3, 0.4) is 0 Å². The maximum atomic E-state index is 13.2.